The second-order valence-corrected chi connectivity index (χ2v) is 5.67. The van der Waals surface area contributed by atoms with Crippen LogP contribution in [0.25, 0.3) is 0 Å². The monoisotopic (exact) mass is 262 g/mol. The van der Waals surface area contributed by atoms with E-state index in [1.807, 2.05) is 6.92 Å². The molecule has 1 aromatic rings. The summed E-state index contributed by atoms with van der Waals surface area (Å²) in [6.45, 7) is 5.98. The van der Waals surface area contributed by atoms with Gasteiger partial charge >= 0.3 is 0 Å². The largest absolute Gasteiger partial charge is 0.371 e. The van der Waals surface area contributed by atoms with Crippen molar-refractivity contribution >= 4 is 10.0 Å². The van der Waals surface area contributed by atoms with Gasteiger partial charge in [0, 0.05) is 13.7 Å². The van der Waals surface area contributed by atoms with E-state index in [0.29, 0.717) is 12.4 Å². The molecule has 0 bridgehead atoms. The van der Waals surface area contributed by atoms with E-state index < -0.39 is 15.6 Å². The quantitative estimate of drug-likeness (QED) is 0.818. The number of nitrogens with zero attached hydrogens (tertiary/aromatic N) is 3. The highest BCUT2D eigenvalue weighted by Crippen LogP contribution is 2.23. The molecule has 0 atom stereocenters. The molecule has 8 heteroatoms. The maximum atomic E-state index is 11.4. The number of ether oxygens (including phenoxy) is 1. The molecular weight excluding hydrogens is 244 g/mol. The number of hydrogen-bond donors (Lipinski definition) is 1. The minimum atomic E-state index is -3.87. The van der Waals surface area contributed by atoms with Crippen LogP contribution in [0.3, 0.4) is 0 Å². The van der Waals surface area contributed by atoms with Gasteiger partial charge in [0.25, 0.3) is 15.2 Å². The lowest BCUT2D eigenvalue weighted by molar-refractivity contribution is 0.00772. The molecule has 0 aliphatic rings. The zero-order chi connectivity index (χ0) is 13.3. The first-order chi connectivity index (χ1) is 7.74. The van der Waals surface area contributed by atoms with Crippen LogP contribution in [-0.2, 0) is 26.9 Å². The number of nitrogens with two attached hydrogens (primary N) is 1. The minimum absolute atomic E-state index is 0.223. The molecule has 0 radical (unpaired) electrons. The first kappa shape index (κ1) is 14.1. The maximum absolute atomic E-state index is 11.4. The van der Waals surface area contributed by atoms with E-state index in [-0.39, 0.29) is 5.16 Å². The molecule has 2 N–H and O–H groups in total. The molecule has 0 unspecified atom stereocenters. The molecular formula is C9H18N4O3S. The Hall–Kier alpha value is -0.990. The topological polar surface area (TPSA) is 100 Å². The molecule has 98 valence electrons. The fourth-order valence-electron chi connectivity index (χ4n) is 1.46. The normalized spacial score (nSPS) is 13.0. The van der Waals surface area contributed by atoms with Crippen LogP contribution in [0.2, 0.25) is 0 Å². The van der Waals surface area contributed by atoms with Crippen LogP contribution in [-0.4, -0.2) is 30.3 Å². The number of hydrogen-bond acceptors (Lipinski definition) is 5. The molecule has 7 nitrogen and oxygen atoms in total. The van der Waals surface area contributed by atoms with Gasteiger partial charge in [-0.3, -0.25) is 4.57 Å². The van der Waals surface area contributed by atoms with Crippen molar-refractivity contribution in [3.05, 3.63) is 5.82 Å². The third-order valence-electron chi connectivity index (χ3n) is 2.47. The fraction of sp³-hybridized carbons (Fsp3) is 0.778. The van der Waals surface area contributed by atoms with Crippen LogP contribution < -0.4 is 5.14 Å². The van der Waals surface area contributed by atoms with Gasteiger partial charge in [-0.05, 0) is 20.3 Å². The lowest BCUT2D eigenvalue weighted by Gasteiger charge is -2.22. The third-order valence-corrected chi connectivity index (χ3v) is 3.28. The Morgan fingerprint density at radius 1 is 1.41 bits per heavy atom. The van der Waals surface area contributed by atoms with Crippen molar-refractivity contribution in [2.45, 2.75) is 44.5 Å². The Balaban J connectivity index is 3.40. The highest BCUT2D eigenvalue weighted by molar-refractivity contribution is 7.89. The average molecular weight is 262 g/mol. The van der Waals surface area contributed by atoms with Crippen LogP contribution in [0.4, 0.5) is 0 Å². The summed E-state index contributed by atoms with van der Waals surface area (Å²) in [5, 5.41) is 12.4. The van der Waals surface area contributed by atoms with Crippen LogP contribution in [0.5, 0.6) is 0 Å². The van der Waals surface area contributed by atoms with E-state index in [1.54, 1.807) is 13.8 Å². The maximum Gasteiger partial charge on any atom is 0.273 e. The van der Waals surface area contributed by atoms with Gasteiger partial charge in [0.2, 0.25) is 0 Å². The van der Waals surface area contributed by atoms with Crippen LogP contribution in [0, 0.1) is 0 Å². The summed E-state index contributed by atoms with van der Waals surface area (Å²) in [5.41, 5.74) is -0.717. The Bertz CT molecular complexity index is 492. The lowest BCUT2D eigenvalue weighted by atomic mass is 10.1. The summed E-state index contributed by atoms with van der Waals surface area (Å²) < 4.78 is 29.5. The molecule has 1 heterocycles. The summed E-state index contributed by atoms with van der Waals surface area (Å²) in [6.07, 6.45) is 0.743. The van der Waals surface area contributed by atoms with Gasteiger partial charge in [0.05, 0.1) is 0 Å². The van der Waals surface area contributed by atoms with Crippen LogP contribution >= 0.6 is 0 Å². The highest BCUT2D eigenvalue weighted by atomic mass is 32.2. The number of sulfonamides is 1. The van der Waals surface area contributed by atoms with Crippen LogP contribution in [0.15, 0.2) is 5.16 Å². The predicted molar refractivity (Wildman–Crippen MR) is 61.7 cm³/mol. The molecule has 0 saturated heterocycles. The SMILES string of the molecule is CCCn1c(C(C)(C)OC)nnc1S(N)(=O)=O. The van der Waals surface area contributed by atoms with E-state index in [2.05, 4.69) is 10.2 Å². The van der Waals surface area contributed by atoms with Crippen molar-refractivity contribution in [1.29, 1.82) is 0 Å². The Morgan fingerprint density at radius 2 is 2.00 bits per heavy atom. The van der Waals surface area contributed by atoms with Crippen molar-refractivity contribution in [2.24, 2.45) is 5.14 Å². The molecule has 0 aliphatic heterocycles. The van der Waals surface area contributed by atoms with Crippen molar-refractivity contribution in [1.82, 2.24) is 14.8 Å². The van der Waals surface area contributed by atoms with Crippen LogP contribution in [0.1, 0.15) is 33.0 Å². The predicted octanol–water partition coefficient (Wildman–Crippen LogP) is 0.217. The summed E-state index contributed by atoms with van der Waals surface area (Å²) >= 11 is 0. The van der Waals surface area contributed by atoms with Crippen molar-refractivity contribution < 1.29 is 13.2 Å². The standard InChI is InChI=1S/C9H18N4O3S/c1-5-6-13-7(9(2,3)16-4)11-12-8(13)17(10,14)15/h5-6H2,1-4H3,(H2,10,14,15). The smallest absolute Gasteiger partial charge is 0.273 e. The van der Waals surface area contributed by atoms with Crippen molar-refractivity contribution in [2.75, 3.05) is 7.11 Å². The number of aromatic nitrogens is 3. The van der Waals surface area contributed by atoms with E-state index in [1.165, 1.54) is 11.7 Å². The van der Waals surface area contributed by atoms with E-state index in [0.717, 1.165) is 6.42 Å². The molecule has 0 aromatic carbocycles. The summed E-state index contributed by atoms with van der Waals surface area (Å²) in [4.78, 5) is 0. The number of methoxy groups -OCH3 is 1. The van der Waals surface area contributed by atoms with Crippen molar-refractivity contribution in [3.63, 3.8) is 0 Å². The second-order valence-electron chi connectivity index (χ2n) is 4.22. The fourth-order valence-corrected chi connectivity index (χ4v) is 2.10. The molecule has 1 aromatic heterocycles. The van der Waals surface area contributed by atoms with Gasteiger partial charge in [-0.25, -0.2) is 13.6 Å². The van der Waals surface area contributed by atoms with Gasteiger partial charge in [-0.2, -0.15) is 0 Å². The second kappa shape index (κ2) is 4.71. The third kappa shape index (κ3) is 2.82. The van der Waals surface area contributed by atoms with Crippen molar-refractivity contribution in [3.8, 4) is 0 Å². The summed E-state index contributed by atoms with van der Waals surface area (Å²) in [7, 11) is -2.34. The van der Waals surface area contributed by atoms with Gasteiger partial charge in [-0.15, -0.1) is 10.2 Å². The van der Waals surface area contributed by atoms with E-state index >= 15 is 0 Å². The van der Waals surface area contributed by atoms with Gasteiger partial charge in [-0.1, -0.05) is 6.92 Å². The summed E-state index contributed by atoms with van der Waals surface area (Å²) in [6, 6.07) is 0. The zero-order valence-corrected chi connectivity index (χ0v) is 11.3. The summed E-state index contributed by atoms with van der Waals surface area (Å²) in [5.74, 6) is 0.450. The average Bonchev–Trinajstić information content (AvgIpc) is 2.62. The molecule has 0 spiro atoms. The molecule has 0 fully saturated rings. The first-order valence-electron chi connectivity index (χ1n) is 5.25. The van der Waals surface area contributed by atoms with E-state index in [9.17, 15) is 8.42 Å². The van der Waals surface area contributed by atoms with E-state index in [4.69, 9.17) is 9.88 Å². The first-order valence-corrected chi connectivity index (χ1v) is 6.80. The molecule has 17 heavy (non-hydrogen) atoms. The van der Waals surface area contributed by atoms with Gasteiger partial charge in [0.15, 0.2) is 5.82 Å². The zero-order valence-electron chi connectivity index (χ0n) is 10.5. The van der Waals surface area contributed by atoms with Gasteiger partial charge < -0.3 is 4.74 Å². The number of rotatable bonds is 5. The highest BCUT2D eigenvalue weighted by Gasteiger charge is 2.30. The Kier molecular flexibility index (Phi) is 3.90. The van der Waals surface area contributed by atoms with Gasteiger partial charge in [0.1, 0.15) is 5.60 Å². The Morgan fingerprint density at radius 3 is 2.41 bits per heavy atom. The lowest BCUT2D eigenvalue weighted by Crippen LogP contribution is -2.27. The molecule has 0 saturated carbocycles. The molecule has 0 aliphatic carbocycles. The Labute approximate surface area is 101 Å². The molecule has 0 amide bonds. The minimum Gasteiger partial charge on any atom is -0.371 e. The molecule has 1 rings (SSSR count). The number of primary sulfonamides is 1.